The minimum absolute atomic E-state index is 0.400. The van der Waals surface area contributed by atoms with E-state index in [2.05, 4.69) is 4.67 Å². The van der Waals surface area contributed by atoms with Gasteiger partial charge in [0.15, 0.2) is 0 Å². The van der Waals surface area contributed by atoms with Gasteiger partial charge in [-0.25, -0.2) is 0 Å². The molecule has 7 rings (SSSR count). The molecule has 1 aliphatic heterocycles. The first-order valence-corrected chi connectivity index (χ1v) is 15.0. The van der Waals surface area contributed by atoms with Crippen LogP contribution in [0.3, 0.4) is 0 Å². The van der Waals surface area contributed by atoms with Crippen LogP contribution >= 0.6 is 7.79 Å². The average molecular weight is 540 g/mol. The second kappa shape index (κ2) is 10.0. The van der Waals surface area contributed by atoms with Gasteiger partial charge in [0.25, 0.3) is 0 Å². The van der Waals surface area contributed by atoms with Crippen molar-refractivity contribution in [2.75, 3.05) is 9.34 Å². The topological polar surface area (TPSA) is 65.4 Å². The summed E-state index contributed by atoms with van der Waals surface area (Å²) >= 11 is 0. The Morgan fingerprint density at radius 1 is 0.450 bits per heavy atom. The van der Waals surface area contributed by atoms with E-state index < -0.39 is 7.79 Å². The second-order valence-corrected chi connectivity index (χ2v) is 12.3. The predicted molar refractivity (Wildman–Crippen MR) is 164 cm³/mol. The molecule has 1 N–H and O–H groups in total. The molecule has 0 unspecified atom stereocenters. The standard InChI is InChI=1S/C33H26N5OP/c39-40(28-21-11-4-12-22-28)37(27-19-9-3-10-20-27)29-23-13-14-24-30(29)38(40)33-35-31(25-15-5-1-6-16-25)34-32(36-33)26-17-7-2-8-18-26/h1-24,39-40H. The van der Waals surface area contributed by atoms with Crippen LogP contribution in [0.25, 0.3) is 22.8 Å². The molecule has 2 heterocycles. The maximum absolute atomic E-state index is 13.1. The number of nitrogens with zero attached hydrogens (tertiary/aromatic N) is 5. The van der Waals surface area contributed by atoms with Crippen LogP contribution in [0.5, 0.6) is 0 Å². The van der Waals surface area contributed by atoms with E-state index in [4.69, 9.17) is 15.0 Å². The van der Waals surface area contributed by atoms with Gasteiger partial charge < -0.3 is 0 Å². The molecule has 0 bridgehead atoms. The molecule has 0 atom stereocenters. The number of hydrogen-bond donors (Lipinski definition) is 1. The summed E-state index contributed by atoms with van der Waals surface area (Å²) in [5, 5.41) is 0.818. The van der Waals surface area contributed by atoms with Gasteiger partial charge in [-0.3, -0.25) is 0 Å². The quantitative estimate of drug-likeness (QED) is 0.232. The summed E-state index contributed by atoms with van der Waals surface area (Å²) in [5.41, 5.74) is 4.39. The first-order valence-electron chi connectivity index (χ1n) is 13.1. The molecular formula is C33H26N5OP. The van der Waals surface area contributed by atoms with Gasteiger partial charge in [0.1, 0.15) is 0 Å². The van der Waals surface area contributed by atoms with E-state index in [1.54, 1.807) is 0 Å². The molecule has 6 nitrogen and oxygen atoms in total. The Bertz CT molecular complexity index is 1710. The summed E-state index contributed by atoms with van der Waals surface area (Å²) in [6.45, 7) is 0. The Kier molecular flexibility index (Phi) is 6.05. The third-order valence-electron chi connectivity index (χ3n) is 7.05. The normalized spacial score (nSPS) is 14.5. The fourth-order valence-corrected chi connectivity index (χ4v) is 8.53. The molecule has 7 heteroatoms. The van der Waals surface area contributed by atoms with Crippen LogP contribution in [0, 0.1) is 0 Å². The van der Waals surface area contributed by atoms with Gasteiger partial charge in [0.2, 0.25) is 0 Å². The van der Waals surface area contributed by atoms with Gasteiger partial charge in [-0.05, 0) is 0 Å². The van der Waals surface area contributed by atoms with Crippen molar-refractivity contribution in [3.63, 3.8) is 0 Å². The van der Waals surface area contributed by atoms with Gasteiger partial charge >= 0.3 is 234 Å². The zero-order valence-corrected chi connectivity index (χ0v) is 22.5. The molecule has 1 aromatic heterocycles. The summed E-state index contributed by atoms with van der Waals surface area (Å²) in [4.78, 5) is 28.0. The number of hydrogen-bond acceptors (Lipinski definition) is 6. The van der Waals surface area contributed by atoms with E-state index in [9.17, 15) is 4.89 Å². The van der Waals surface area contributed by atoms with Crippen LogP contribution < -0.4 is 14.6 Å². The SMILES string of the molecule is O[PH]1(c2ccccc2)N(c2ccccc2)c2ccccc2N1c1nc(-c2ccccc2)nc(-c2ccccc2)n1. The van der Waals surface area contributed by atoms with E-state index in [0.29, 0.717) is 17.6 Å². The fraction of sp³-hybridized carbons (Fsp3) is 0. The summed E-state index contributed by atoms with van der Waals surface area (Å²) in [5.74, 6) is 1.49. The van der Waals surface area contributed by atoms with E-state index in [1.807, 2.05) is 150 Å². The van der Waals surface area contributed by atoms with Crippen molar-refractivity contribution in [2.45, 2.75) is 0 Å². The minimum atomic E-state index is -3.74. The van der Waals surface area contributed by atoms with Crippen molar-refractivity contribution in [1.29, 1.82) is 0 Å². The predicted octanol–water partition coefficient (Wildman–Crippen LogP) is 7.31. The molecule has 0 saturated heterocycles. The Morgan fingerprint density at radius 2 is 0.875 bits per heavy atom. The number of benzene rings is 5. The van der Waals surface area contributed by atoms with Crippen molar-refractivity contribution in [1.82, 2.24) is 15.0 Å². The zero-order valence-electron chi connectivity index (χ0n) is 21.5. The third kappa shape index (κ3) is 4.02. The number of anilines is 4. The van der Waals surface area contributed by atoms with Crippen molar-refractivity contribution >= 4 is 36.1 Å². The maximum atomic E-state index is 13.1. The van der Waals surface area contributed by atoms with Crippen LogP contribution in [0.4, 0.5) is 23.0 Å². The van der Waals surface area contributed by atoms with Gasteiger partial charge in [-0.15, -0.1) is 0 Å². The van der Waals surface area contributed by atoms with Gasteiger partial charge in [0, 0.05) is 0 Å². The average Bonchev–Trinajstić information content (AvgIpc) is 3.31. The Balaban J connectivity index is 1.53. The molecule has 5 aromatic carbocycles. The zero-order chi connectivity index (χ0) is 26.9. The molecule has 1 aliphatic rings. The van der Waals surface area contributed by atoms with E-state index in [1.165, 1.54) is 0 Å². The number of fused-ring (bicyclic) bond motifs is 1. The molecule has 0 radical (unpaired) electrons. The summed E-state index contributed by atoms with van der Waals surface area (Å²) < 4.78 is 4.02. The van der Waals surface area contributed by atoms with E-state index in [0.717, 1.165) is 33.5 Å². The molecular weight excluding hydrogens is 513 g/mol. The fourth-order valence-electron chi connectivity index (χ4n) is 5.24. The summed E-state index contributed by atoms with van der Waals surface area (Å²) in [6, 6.07) is 47.7. The molecule has 0 saturated carbocycles. The summed E-state index contributed by atoms with van der Waals surface area (Å²) in [7, 11) is -3.74. The Morgan fingerprint density at radius 3 is 1.40 bits per heavy atom. The number of aromatic nitrogens is 3. The monoisotopic (exact) mass is 539 g/mol. The molecule has 0 spiro atoms. The second-order valence-electron chi connectivity index (χ2n) is 9.51. The van der Waals surface area contributed by atoms with Crippen molar-refractivity contribution in [3.8, 4) is 22.8 Å². The van der Waals surface area contributed by atoms with Crippen molar-refractivity contribution in [3.05, 3.63) is 146 Å². The first-order chi connectivity index (χ1) is 19.7. The van der Waals surface area contributed by atoms with Crippen LogP contribution in [-0.4, -0.2) is 19.8 Å². The van der Waals surface area contributed by atoms with E-state index >= 15 is 0 Å². The van der Waals surface area contributed by atoms with Gasteiger partial charge in [-0.2, -0.15) is 0 Å². The number of rotatable bonds is 5. The molecule has 6 aromatic rings. The van der Waals surface area contributed by atoms with Crippen molar-refractivity contribution in [2.24, 2.45) is 0 Å². The molecule has 0 amide bonds. The van der Waals surface area contributed by atoms with E-state index in [-0.39, 0.29) is 0 Å². The molecule has 194 valence electrons. The molecule has 40 heavy (non-hydrogen) atoms. The summed E-state index contributed by atoms with van der Waals surface area (Å²) in [6.07, 6.45) is 0. The van der Waals surface area contributed by atoms with Crippen LogP contribution in [-0.2, 0) is 0 Å². The van der Waals surface area contributed by atoms with Crippen LogP contribution in [0.2, 0.25) is 0 Å². The van der Waals surface area contributed by atoms with Crippen LogP contribution in [0.15, 0.2) is 146 Å². The number of para-hydroxylation sites is 3. The Labute approximate surface area is 233 Å². The third-order valence-corrected chi connectivity index (χ3v) is 10.3. The Hall–Kier alpha value is -4.90. The molecule has 0 fully saturated rings. The first kappa shape index (κ1) is 24.2. The van der Waals surface area contributed by atoms with Crippen molar-refractivity contribution < 1.29 is 4.89 Å². The van der Waals surface area contributed by atoms with Crippen LogP contribution in [0.1, 0.15) is 0 Å². The molecule has 0 aliphatic carbocycles. The van der Waals surface area contributed by atoms with Gasteiger partial charge in [-0.1, -0.05) is 0 Å². The van der Waals surface area contributed by atoms with Gasteiger partial charge in [0.05, 0.1) is 0 Å².